The molecule has 0 saturated carbocycles. The molecular weight excluding hydrogens is 325 g/mol. The van der Waals surface area contributed by atoms with E-state index < -0.39 is 24.1 Å². The largest absolute Gasteiger partial charge is 0.479 e. The predicted molar refractivity (Wildman–Crippen MR) is 80.6 cm³/mol. The second kappa shape index (κ2) is 5.66. The fourth-order valence-electron chi connectivity index (χ4n) is 2.47. The molecule has 1 N–H and O–H groups in total. The highest BCUT2D eigenvalue weighted by molar-refractivity contribution is 6.30. The van der Waals surface area contributed by atoms with E-state index in [1.807, 2.05) is 0 Å². The van der Waals surface area contributed by atoms with Gasteiger partial charge in [0.1, 0.15) is 0 Å². The minimum absolute atomic E-state index is 0.0633. The molecule has 8 heteroatoms. The third-order valence-electron chi connectivity index (χ3n) is 3.81. The minimum atomic E-state index is -2.37. The molecule has 1 atom stereocenters. The van der Waals surface area contributed by atoms with Crippen LogP contribution in [0.25, 0.3) is 5.69 Å². The Kier molecular flexibility index (Phi) is 3.81. The zero-order valence-electron chi connectivity index (χ0n) is 11.9. The van der Waals surface area contributed by atoms with Gasteiger partial charge in [-0.15, -0.1) is 0 Å². The van der Waals surface area contributed by atoms with Crippen molar-refractivity contribution >= 4 is 23.5 Å². The summed E-state index contributed by atoms with van der Waals surface area (Å²) in [7, 11) is 0. The number of carboxylic acids is 1. The number of carbonyl (C=O) groups is 2. The minimum Gasteiger partial charge on any atom is -0.479 e. The van der Waals surface area contributed by atoms with Crippen LogP contribution >= 0.6 is 11.6 Å². The molecule has 1 fully saturated rings. The van der Waals surface area contributed by atoms with Gasteiger partial charge in [-0.3, -0.25) is 4.79 Å². The van der Waals surface area contributed by atoms with Crippen molar-refractivity contribution in [2.24, 2.45) is 0 Å². The molecule has 1 aliphatic heterocycles. The van der Waals surface area contributed by atoms with Gasteiger partial charge in [0.15, 0.2) is 0 Å². The molecule has 0 bridgehead atoms. The molecule has 0 spiro atoms. The van der Waals surface area contributed by atoms with E-state index in [0.717, 1.165) is 5.69 Å². The molecule has 120 valence electrons. The van der Waals surface area contributed by atoms with E-state index >= 15 is 0 Å². The number of carbonyl (C=O) groups excluding carboxylic acids is 1. The van der Waals surface area contributed by atoms with Gasteiger partial charge >= 0.3 is 5.97 Å². The molecule has 2 aromatic rings. The first-order valence-corrected chi connectivity index (χ1v) is 7.29. The fourth-order valence-corrected chi connectivity index (χ4v) is 2.60. The van der Waals surface area contributed by atoms with E-state index in [0.29, 0.717) is 5.02 Å². The highest BCUT2D eigenvalue weighted by Gasteiger charge is 2.47. The number of aromatic nitrogens is 2. The first-order valence-electron chi connectivity index (χ1n) is 6.91. The summed E-state index contributed by atoms with van der Waals surface area (Å²) in [6.07, 6.45) is 2.68. The van der Waals surface area contributed by atoms with Gasteiger partial charge in [0.25, 0.3) is 5.91 Å². The standard InChI is InChI=1S/C15H13ClFN3O3/c16-11-1-3-12(4-2-11)20-8-10(7-18-20)13(21)19-6-5-15(17,9-19)14(22)23/h1-4,7-8H,5-6,9H2,(H,22,23). The number of likely N-dealkylation sites (tertiary alicyclic amines) is 1. The molecule has 23 heavy (non-hydrogen) atoms. The van der Waals surface area contributed by atoms with Crippen LogP contribution in [0.4, 0.5) is 4.39 Å². The summed E-state index contributed by atoms with van der Waals surface area (Å²) in [6.45, 7) is -0.388. The third-order valence-corrected chi connectivity index (χ3v) is 4.06. The van der Waals surface area contributed by atoms with Gasteiger partial charge < -0.3 is 10.0 Å². The summed E-state index contributed by atoms with van der Waals surface area (Å²) in [5.74, 6) is -1.98. The summed E-state index contributed by atoms with van der Waals surface area (Å²) >= 11 is 5.82. The van der Waals surface area contributed by atoms with Crippen molar-refractivity contribution in [3.63, 3.8) is 0 Å². The Balaban J connectivity index is 1.77. The Bertz CT molecular complexity index is 762. The zero-order chi connectivity index (χ0) is 16.6. The molecule has 6 nitrogen and oxygen atoms in total. The van der Waals surface area contributed by atoms with E-state index in [2.05, 4.69) is 5.10 Å². The van der Waals surface area contributed by atoms with Crippen molar-refractivity contribution in [2.75, 3.05) is 13.1 Å². The number of hydrogen-bond acceptors (Lipinski definition) is 3. The van der Waals surface area contributed by atoms with Gasteiger partial charge in [-0.1, -0.05) is 11.6 Å². The van der Waals surface area contributed by atoms with Crippen LogP contribution in [0.3, 0.4) is 0 Å². The Labute approximate surface area is 136 Å². The van der Waals surface area contributed by atoms with Crippen molar-refractivity contribution in [3.05, 3.63) is 47.2 Å². The second-order valence-electron chi connectivity index (χ2n) is 5.40. The Morgan fingerprint density at radius 1 is 1.30 bits per heavy atom. The normalized spacial score (nSPS) is 20.7. The summed E-state index contributed by atoms with van der Waals surface area (Å²) in [5, 5.41) is 13.6. The lowest BCUT2D eigenvalue weighted by Gasteiger charge is -2.16. The average Bonchev–Trinajstić information content (AvgIpc) is 3.15. The molecular formula is C15H13ClFN3O3. The Morgan fingerprint density at radius 2 is 2.00 bits per heavy atom. The van der Waals surface area contributed by atoms with E-state index in [1.54, 1.807) is 24.3 Å². The lowest BCUT2D eigenvalue weighted by molar-refractivity contribution is -0.149. The van der Waals surface area contributed by atoms with E-state index in [4.69, 9.17) is 16.7 Å². The quantitative estimate of drug-likeness (QED) is 0.931. The lowest BCUT2D eigenvalue weighted by atomic mass is 10.1. The van der Waals surface area contributed by atoms with Crippen LogP contribution in [-0.4, -0.2) is 50.4 Å². The van der Waals surface area contributed by atoms with Gasteiger partial charge in [-0.25, -0.2) is 13.9 Å². The number of rotatable bonds is 3. The number of halogens is 2. The number of amides is 1. The molecule has 1 amide bonds. The smallest absolute Gasteiger partial charge is 0.343 e. The fraction of sp³-hybridized carbons (Fsp3) is 0.267. The molecule has 1 aliphatic rings. The van der Waals surface area contributed by atoms with Crippen LogP contribution in [0, 0.1) is 0 Å². The van der Waals surface area contributed by atoms with E-state index in [-0.39, 0.29) is 18.5 Å². The average molecular weight is 338 g/mol. The molecule has 1 unspecified atom stereocenters. The maximum atomic E-state index is 14.0. The van der Waals surface area contributed by atoms with Crippen LogP contribution in [0.5, 0.6) is 0 Å². The number of benzene rings is 1. The zero-order valence-corrected chi connectivity index (χ0v) is 12.7. The number of hydrogen-bond donors (Lipinski definition) is 1. The van der Waals surface area contributed by atoms with Gasteiger partial charge in [0.05, 0.1) is 24.0 Å². The summed E-state index contributed by atoms with van der Waals surface area (Å²) in [5.41, 5.74) is -1.38. The highest BCUT2D eigenvalue weighted by atomic mass is 35.5. The van der Waals surface area contributed by atoms with E-state index in [1.165, 1.54) is 22.0 Å². The Hall–Kier alpha value is -2.41. The van der Waals surface area contributed by atoms with Gasteiger partial charge in [-0.2, -0.15) is 5.10 Å². The summed E-state index contributed by atoms with van der Waals surface area (Å²) in [4.78, 5) is 24.4. The first-order chi connectivity index (χ1) is 10.9. The molecule has 1 saturated heterocycles. The third kappa shape index (κ3) is 2.92. The highest BCUT2D eigenvalue weighted by Crippen LogP contribution is 2.27. The summed E-state index contributed by atoms with van der Waals surface area (Å²) < 4.78 is 15.5. The van der Waals surface area contributed by atoms with Crippen LogP contribution < -0.4 is 0 Å². The van der Waals surface area contributed by atoms with Crippen molar-refractivity contribution in [1.82, 2.24) is 14.7 Å². The Morgan fingerprint density at radius 3 is 2.61 bits per heavy atom. The molecule has 3 rings (SSSR count). The van der Waals surface area contributed by atoms with Crippen LogP contribution in [0.1, 0.15) is 16.8 Å². The SMILES string of the molecule is O=C(c1cnn(-c2ccc(Cl)cc2)c1)N1CCC(F)(C(=O)O)C1. The van der Waals surface area contributed by atoms with Crippen molar-refractivity contribution < 1.29 is 19.1 Å². The monoisotopic (exact) mass is 337 g/mol. The van der Waals surface area contributed by atoms with Gasteiger partial charge in [0, 0.05) is 24.2 Å². The van der Waals surface area contributed by atoms with Crippen molar-refractivity contribution in [3.8, 4) is 5.69 Å². The van der Waals surface area contributed by atoms with E-state index in [9.17, 15) is 14.0 Å². The number of aliphatic carboxylic acids is 1. The topological polar surface area (TPSA) is 75.4 Å². The maximum absolute atomic E-state index is 14.0. The van der Waals surface area contributed by atoms with Gasteiger partial charge in [0.2, 0.25) is 5.67 Å². The molecule has 2 heterocycles. The predicted octanol–water partition coefficient (Wildman–Crippen LogP) is 2.16. The molecule has 1 aromatic carbocycles. The van der Waals surface area contributed by atoms with Crippen molar-refractivity contribution in [2.45, 2.75) is 12.1 Å². The first kappa shape index (κ1) is 15.5. The number of carboxylic acid groups (broad SMARTS) is 1. The van der Waals surface area contributed by atoms with Crippen LogP contribution in [0.15, 0.2) is 36.7 Å². The maximum Gasteiger partial charge on any atom is 0.343 e. The molecule has 1 aromatic heterocycles. The lowest BCUT2D eigenvalue weighted by Crippen LogP contribution is -2.38. The van der Waals surface area contributed by atoms with Crippen LogP contribution in [0.2, 0.25) is 5.02 Å². The number of nitrogens with zero attached hydrogens (tertiary/aromatic N) is 3. The van der Waals surface area contributed by atoms with Crippen molar-refractivity contribution in [1.29, 1.82) is 0 Å². The molecule has 0 aliphatic carbocycles. The van der Waals surface area contributed by atoms with Crippen LogP contribution in [-0.2, 0) is 4.79 Å². The number of alkyl halides is 1. The molecule has 0 radical (unpaired) electrons. The van der Waals surface area contributed by atoms with Gasteiger partial charge in [-0.05, 0) is 24.3 Å². The summed E-state index contributed by atoms with van der Waals surface area (Å²) in [6, 6.07) is 6.89. The second-order valence-corrected chi connectivity index (χ2v) is 5.83.